The third-order valence-electron chi connectivity index (χ3n) is 2.74. The van der Waals surface area contributed by atoms with Crippen LogP contribution in [0.4, 0.5) is 5.69 Å². The molecule has 0 saturated heterocycles. The zero-order valence-electron chi connectivity index (χ0n) is 12.1. The summed E-state index contributed by atoms with van der Waals surface area (Å²) in [7, 11) is -1.85. The first-order valence-corrected chi connectivity index (χ1v) is 8.29. The summed E-state index contributed by atoms with van der Waals surface area (Å²) in [5.74, 6) is 0. The van der Waals surface area contributed by atoms with Crippen LogP contribution in [0.3, 0.4) is 0 Å². The van der Waals surface area contributed by atoms with Crippen molar-refractivity contribution in [1.82, 2.24) is 9.71 Å². The molecule has 0 spiro atoms. The lowest BCUT2D eigenvalue weighted by atomic mass is 10.4. The van der Waals surface area contributed by atoms with Crippen molar-refractivity contribution in [3.63, 3.8) is 0 Å². The molecule has 20 heavy (non-hydrogen) atoms. The fourth-order valence-electron chi connectivity index (χ4n) is 1.61. The zero-order valence-corrected chi connectivity index (χ0v) is 12.9. The topological polar surface area (TPSA) is 80.3 Å². The molecule has 1 rings (SSSR count). The maximum Gasteiger partial charge on any atom is 0.244 e. The van der Waals surface area contributed by atoms with E-state index in [1.165, 1.54) is 6.20 Å². The van der Waals surface area contributed by atoms with Crippen molar-refractivity contribution in [1.29, 1.82) is 0 Å². The third-order valence-corrected chi connectivity index (χ3v) is 4.23. The molecule has 0 aliphatic carbocycles. The maximum absolute atomic E-state index is 12.1. The Morgan fingerprint density at radius 1 is 1.30 bits per heavy atom. The Kier molecular flexibility index (Phi) is 7.50. The van der Waals surface area contributed by atoms with E-state index in [4.69, 9.17) is 4.74 Å². The van der Waals surface area contributed by atoms with Crippen LogP contribution in [-0.4, -0.2) is 40.2 Å². The molecular formula is C13H23N3O3S. The minimum Gasteiger partial charge on any atom is -0.387 e. The number of rotatable bonds is 10. The highest BCUT2D eigenvalue weighted by Crippen LogP contribution is 2.18. The second kappa shape index (κ2) is 8.89. The second-order valence-corrected chi connectivity index (χ2v) is 6.07. The molecule has 2 N–H and O–H groups in total. The smallest absolute Gasteiger partial charge is 0.244 e. The van der Waals surface area contributed by atoms with Crippen molar-refractivity contribution in [2.45, 2.75) is 31.1 Å². The van der Waals surface area contributed by atoms with E-state index in [9.17, 15) is 8.42 Å². The van der Waals surface area contributed by atoms with Gasteiger partial charge in [-0.1, -0.05) is 13.3 Å². The van der Waals surface area contributed by atoms with Crippen LogP contribution in [0, 0.1) is 0 Å². The average molecular weight is 301 g/mol. The van der Waals surface area contributed by atoms with Crippen molar-refractivity contribution in [3.05, 3.63) is 18.5 Å². The molecule has 114 valence electrons. The summed E-state index contributed by atoms with van der Waals surface area (Å²) in [4.78, 5) is 4.02. The number of anilines is 1. The van der Waals surface area contributed by atoms with Crippen LogP contribution in [0.5, 0.6) is 0 Å². The Hall–Kier alpha value is -1.18. The summed E-state index contributed by atoms with van der Waals surface area (Å²) in [5, 5.41) is 2.84. The normalized spacial score (nSPS) is 11.5. The number of aromatic nitrogens is 1. The van der Waals surface area contributed by atoms with Crippen molar-refractivity contribution < 1.29 is 13.2 Å². The Morgan fingerprint density at radius 3 is 2.75 bits per heavy atom. The van der Waals surface area contributed by atoms with E-state index < -0.39 is 10.0 Å². The number of nitrogens with one attached hydrogen (secondary N) is 2. The number of nitrogens with zero attached hydrogens (tertiary/aromatic N) is 1. The van der Waals surface area contributed by atoms with Crippen LogP contribution in [0.25, 0.3) is 0 Å². The van der Waals surface area contributed by atoms with Gasteiger partial charge in [0.15, 0.2) is 0 Å². The highest BCUT2D eigenvalue weighted by molar-refractivity contribution is 7.89. The predicted octanol–water partition coefficient (Wildman–Crippen LogP) is 1.61. The zero-order chi connectivity index (χ0) is 14.8. The molecule has 0 amide bonds. The van der Waals surface area contributed by atoms with Gasteiger partial charge in [0.05, 0.1) is 5.69 Å². The van der Waals surface area contributed by atoms with Crippen LogP contribution in [0.1, 0.15) is 26.2 Å². The van der Waals surface area contributed by atoms with Crippen LogP contribution in [0.2, 0.25) is 0 Å². The molecular weight excluding hydrogens is 278 g/mol. The Bertz CT molecular complexity index is 491. The lowest BCUT2D eigenvalue weighted by molar-refractivity contribution is 0.130. The predicted molar refractivity (Wildman–Crippen MR) is 79.3 cm³/mol. The fourth-order valence-corrected chi connectivity index (χ4v) is 2.84. The third kappa shape index (κ3) is 5.44. The first-order valence-electron chi connectivity index (χ1n) is 6.81. The first kappa shape index (κ1) is 16.9. The van der Waals surface area contributed by atoms with E-state index in [1.54, 1.807) is 19.3 Å². The Morgan fingerprint density at radius 2 is 2.05 bits per heavy atom. The standard InChI is InChI=1S/C13H23N3O3S/c1-3-4-9-19-10-5-7-16-20(17,18)13-11-15-8-6-12(13)14-2/h6,8,11,16H,3-5,7,9-10H2,1-2H3,(H,14,15). The molecule has 1 heterocycles. The van der Waals surface area contributed by atoms with E-state index >= 15 is 0 Å². The van der Waals surface area contributed by atoms with Gasteiger partial charge in [0.2, 0.25) is 10.0 Å². The number of hydrogen-bond donors (Lipinski definition) is 2. The summed E-state index contributed by atoms with van der Waals surface area (Å²) >= 11 is 0. The fraction of sp³-hybridized carbons (Fsp3) is 0.615. The molecule has 0 aliphatic heterocycles. The van der Waals surface area contributed by atoms with Crippen LogP contribution >= 0.6 is 0 Å². The highest BCUT2D eigenvalue weighted by Gasteiger charge is 2.17. The van der Waals surface area contributed by atoms with Gasteiger partial charge < -0.3 is 10.1 Å². The highest BCUT2D eigenvalue weighted by atomic mass is 32.2. The molecule has 0 bridgehead atoms. The SMILES string of the molecule is CCCCOCCCNS(=O)(=O)c1cnccc1NC. The lowest BCUT2D eigenvalue weighted by Crippen LogP contribution is -2.26. The van der Waals surface area contributed by atoms with E-state index in [0.717, 1.165) is 19.4 Å². The van der Waals surface area contributed by atoms with Gasteiger partial charge >= 0.3 is 0 Å². The van der Waals surface area contributed by atoms with Gasteiger partial charge in [-0.05, 0) is 18.9 Å². The number of ether oxygens (including phenoxy) is 1. The average Bonchev–Trinajstić information content (AvgIpc) is 2.46. The number of unbranched alkanes of at least 4 members (excludes halogenated alkanes) is 1. The minimum absolute atomic E-state index is 0.161. The van der Waals surface area contributed by atoms with Crippen molar-refractivity contribution >= 4 is 15.7 Å². The van der Waals surface area contributed by atoms with Crippen LogP contribution < -0.4 is 10.0 Å². The summed E-state index contributed by atoms with van der Waals surface area (Å²) in [6, 6.07) is 1.63. The van der Waals surface area contributed by atoms with Gasteiger partial charge in [0, 0.05) is 39.2 Å². The quantitative estimate of drug-likeness (QED) is 0.642. The van der Waals surface area contributed by atoms with E-state index in [-0.39, 0.29) is 4.90 Å². The molecule has 1 aromatic rings. The molecule has 0 aliphatic rings. The Balaban J connectivity index is 2.42. The molecule has 0 fully saturated rings. The molecule has 6 nitrogen and oxygen atoms in total. The second-order valence-electron chi connectivity index (χ2n) is 4.34. The van der Waals surface area contributed by atoms with Crippen molar-refractivity contribution in [2.75, 3.05) is 32.1 Å². The van der Waals surface area contributed by atoms with Crippen LogP contribution in [-0.2, 0) is 14.8 Å². The maximum atomic E-state index is 12.1. The van der Waals surface area contributed by atoms with Gasteiger partial charge in [-0.25, -0.2) is 13.1 Å². The summed E-state index contributed by atoms with van der Waals surface area (Å²) in [6.45, 7) is 3.75. The van der Waals surface area contributed by atoms with Gasteiger partial charge in [-0.15, -0.1) is 0 Å². The van der Waals surface area contributed by atoms with Crippen LogP contribution in [0.15, 0.2) is 23.4 Å². The van der Waals surface area contributed by atoms with Gasteiger partial charge in [-0.3, -0.25) is 4.98 Å². The van der Waals surface area contributed by atoms with E-state index in [1.807, 2.05) is 0 Å². The first-order chi connectivity index (χ1) is 9.61. The Labute approximate surface area is 121 Å². The van der Waals surface area contributed by atoms with Crippen molar-refractivity contribution in [3.8, 4) is 0 Å². The minimum atomic E-state index is -3.53. The lowest BCUT2D eigenvalue weighted by Gasteiger charge is -2.10. The van der Waals surface area contributed by atoms with E-state index in [0.29, 0.717) is 25.3 Å². The number of pyridine rings is 1. The summed E-state index contributed by atoms with van der Waals surface area (Å²) < 4.78 is 32.2. The van der Waals surface area contributed by atoms with Gasteiger partial charge in [-0.2, -0.15) is 0 Å². The summed E-state index contributed by atoms with van der Waals surface area (Å²) in [5.41, 5.74) is 0.534. The molecule has 0 atom stereocenters. The number of sulfonamides is 1. The van der Waals surface area contributed by atoms with Gasteiger partial charge in [0.1, 0.15) is 4.90 Å². The molecule has 7 heteroatoms. The largest absolute Gasteiger partial charge is 0.387 e. The molecule has 0 aromatic carbocycles. The monoisotopic (exact) mass is 301 g/mol. The molecule has 0 unspecified atom stereocenters. The van der Waals surface area contributed by atoms with Gasteiger partial charge in [0.25, 0.3) is 0 Å². The molecule has 1 aromatic heterocycles. The van der Waals surface area contributed by atoms with Crippen molar-refractivity contribution in [2.24, 2.45) is 0 Å². The molecule has 0 saturated carbocycles. The molecule has 0 radical (unpaired) electrons. The summed E-state index contributed by atoms with van der Waals surface area (Å²) in [6.07, 6.45) is 5.67. The van der Waals surface area contributed by atoms with E-state index in [2.05, 4.69) is 21.9 Å². The number of hydrogen-bond acceptors (Lipinski definition) is 5.